The Hall–Kier alpha value is -2.36. The molecule has 176 valence electrons. The number of benzene rings is 1. The molecular weight excluding hydrogens is 544 g/mol. The van der Waals surface area contributed by atoms with Gasteiger partial charge < -0.3 is 10.3 Å². The Morgan fingerprint density at radius 1 is 1.30 bits per heavy atom. The van der Waals surface area contributed by atoms with E-state index in [1.54, 1.807) is 0 Å². The maximum absolute atomic E-state index is 12.8. The molecule has 1 saturated heterocycles. The van der Waals surface area contributed by atoms with Crippen molar-refractivity contribution in [2.45, 2.75) is 29.5 Å². The zero-order chi connectivity index (χ0) is 24.0. The van der Waals surface area contributed by atoms with Crippen molar-refractivity contribution < 1.29 is 13.2 Å². The number of nitrogens with two attached hydrogens (primary N) is 1. The van der Waals surface area contributed by atoms with E-state index in [1.807, 2.05) is 30.5 Å². The van der Waals surface area contributed by atoms with Crippen LogP contribution in [0.4, 0.5) is 18.9 Å². The number of halogens is 4. The summed E-state index contributed by atoms with van der Waals surface area (Å²) in [7, 11) is 0. The van der Waals surface area contributed by atoms with Crippen LogP contribution in [0.15, 0.2) is 54.4 Å². The van der Waals surface area contributed by atoms with E-state index in [1.165, 1.54) is 12.3 Å². The Balaban J connectivity index is 1.64. The fraction of sp³-hybridized carbons (Fsp3) is 0.391. The van der Waals surface area contributed by atoms with Crippen molar-refractivity contribution in [2.75, 3.05) is 31.1 Å². The van der Waals surface area contributed by atoms with Gasteiger partial charge in [0, 0.05) is 38.4 Å². The predicted molar refractivity (Wildman–Crippen MR) is 130 cm³/mol. The molecule has 6 nitrogen and oxygen atoms in total. The lowest BCUT2D eigenvalue weighted by Gasteiger charge is -2.41. The Morgan fingerprint density at radius 2 is 2.03 bits per heavy atom. The Morgan fingerprint density at radius 3 is 2.58 bits per heavy atom. The predicted octanol–water partition coefficient (Wildman–Crippen LogP) is 4.20. The number of hydrogen-bond donors (Lipinski definition) is 2. The SMILES string of the molecule is C[C@@H]1CN(C/C(=C/NN)C(I)c2ccc(CC#N)cc2)CCN1c1ccc(C(F)(F)F)nc1. The van der Waals surface area contributed by atoms with Gasteiger partial charge in [0.05, 0.1) is 28.3 Å². The van der Waals surface area contributed by atoms with Gasteiger partial charge in [-0.2, -0.15) is 18.4 Å². The molecule has 0 spiro atoms. The van der Waals surface area contributed by atoms with E-state index < -0.39 is 11.9 Å². The normalized spacial score (nSPS) is 18.6. The molecule has 3 rings (SSSR count). The Labute approximate surface area is 205 Å². The molecule has 10 heteroatoms. The van der Waals surface area contributed by atoms with Crippen LogP contribution in [0.2, 0.25) is 0 Å². The number of nitriles is 1. The van der Waals surface area contributed by atoms with Crippen LogP contribution in [0.1, 0.15) is 27.7 Å². The number of alkyl halides is 4. The third kappa shape index (κ3) is 6.59. The summed E-state index contributed by atoms with van der Waals surface area (Å²) >= 11 is 2.38. The van der Waals surface area contributed by atoms with Gasteiger partial charge in [0.1, 0.15) is 5.69 Å². The summed E-state index contributed by atoms with van der Waals surface area (Å²) in [5.41, 5.74) is 5.69. The van der Waals surface area contributed by atoms with Crippen LogP contribution in [0, 0.1) is 11.3 Å². The van der Waals surface area contributed by atoms with Crippen molar-refractivity contribution in [3.05, 3.63) is 71.2 Å². The molecule has 3 N–H and O–H groups in total. The first-order valence-corrected chi connectivity index (χ1v) is 11.7. The standard InChI is InChI=1S/C23H26F3IN6/c1-16-14-32(10-11-33(16)20-6-7-21(30-13-20)23(24,25)26)15-19(12-31-29)22(27)18-4-2-17(3-5-18)8-9-28/h2-7,12-13,16,22,31H,8,10-11,14-15,29H2,1H3/b19-12-/t16-,22?/m1/s1. The first-order valence-electron chi connectivity index (χ1n) is 10.5. The van der Waals surface area contributed by atoms with E-state index in [2.05, 4.69) is 55.8 Å². The van der Waals surface area contributed by atoms with Crippen molar-refractivity contribution in [2.24, 2.45) is 5.84 Å². The third-order valence-corrected chi connectivity index (χ3v) is 7.16. The average molecular weight is 570 g/mol. The number of hydrazine groups is 1. The first kappa shape index (κ1) is 25.3. The average Bonchev–Trinajstić information content (AvgIpc) is 2.79. The monoisotopic (exact) mass is 570 g/mol. The first-order chi connectivity index (χ1) is 15.7. The Bertz CT molecular complexity index is 985. The molecule has 0 amide bonds. The van der Waals surface area contributed by atoms with Crippen molar-refractivity contribution in [3.8, 4) is 6.07 Å². The van der Waals surface area contributed by atoms with Crippen molar-refractivity contribution in [3.63, 3.8) is 0 Å². The fourth-order valence-corrected chi connectivity index (χ4v) is 4.75. The van der Waals surface area contributed by atoms with Crippen LogP contribution in [-0.2, 0) is 12.6 Å². The second-order valence-electron chi connectivity index (χ2n) is 8.00. The summed E-state index contributed by atoms with van der Waals surface area (Å²) in [6.45, 7) is 4.97. The molecule has 1 aromatic heterocycles. The van der Waals surface area contributed by atoms with E-state index in [0.717, 1.165) is 35.9 Å². The number of nitrogens with zero attached hydrogens (tertiary/aromatic N) is 4. The summed E-state index contributed by atoms with van der Waals surface area (Å²) in [5, 5.41) is 8.86. The smallest absolute Gasteiger partial charge is 0.365 e. The fourth-order valence-electron chi connectivity index (χ4n) is 3.96. The molecule has 0 aliphatic carbocycles. The van der Waals surface area contributed by atoms with E-state index in [-0.39, 0.29) is 9.97 Å². The van der Waals surface area contributed by atoms with Gasteiger partial charge in [-0.25, -0.2) is 4.98 Å². The highest BCUT2D eigenvalue weighted by Gasteiger charge is 2.33. The number of nitrogens with one attached hydrogen (secondary N) is 1. The van der Waals surface area contributed by atoms with Crippen LogP contribution < -0.4 is 16.2 Å². The zero-order valence-electron chi connectivity index (χ0n) is 18.2. The van der Waals surface area contributed by atoms with E-state index >= 15 is 0 Å². The molecule has 0 bridgehead atoms. The van der Waals surface area contributed by atoms with Crippen molar-refractivity contribution in [1.82, 2.24) is 15.3 Å². The third-order valence-electron chi connectivity index (χ3n) is 5.64. The molecule has 1 unspecified atom stereocenters. The highest BCUT2D eigenvalue weighted by Crippen LogP contribution is 2.33. The lowest BCUT2D eigenvalue weighted by Crippen LogP contribution is -2.52. The molecule has 0 saturated carbocycles. The van der Waals surface area contributed by atoms with E-state index in [9.17, 15) is 13.2 Å². The lowest BCUT2D eigenvalue weighted by atomic mass is 10.0. The quantitative estimate of drug-likeness (QED) is 0.225. The highest BCUT2D eigenvalue weighted by molar-refractivity contribution is 14.1. The van der Waals surface area contributed by atoms with E-state index in [4.69, 9.17) is 11.1 Å². The van der Waals surface area contributed by atoms with Crippen LogP contribution in [0.25, 0.3) is 0 Å². The minimum absolute atomic E-state index is 0.0993. The number of aromatic nitrogens is 1. The largest absolute Gasteiger partial charge is 0.433 e. The molecule has 0 radical (unpaired) electrons. The van der Waals surface area contributed by atoms with Crippen LogP contribution in [0.5, 0.6) is 0 Å². The van der Waals surface area contributed by atoms with E-state index in [0.29, 0.717) is 25.2 Å². The molecular formula is C23H26F3IN6. The number of rotatable bonds is 7. The number of anilines is 1. The van der Waals surface area contributed by atoms with Crippen LogP contribution in [0.3, 0.4) is 0 Å². The molecule has 1 aliphatic heterocycles. The van der Waals surface area contributed by atoms with Crippen LogP contribution in [-0.4, -0.2) is 42.1 Å². The topological polar surface area (TPSA) is 81.2 Å². The van der Waals surface area contributed by atoms with Gasteiger partial charge in [0.15, 0.2) is 0 Å². The Kier molecular flexibility index (Phi) is 8.56. The highest BCUT2D eigenvalue weighted by atomic mass is 127. The van der Waals surface area contributed by atoms with Gasteiger partial charge in [-0.15, -0.1) is 0 Å². The number of hydrogen-bond acceptors (Lipinski definition) is 6. The second-order valence-corrected chi connectivity index (χ2v) is 9.25. The number of piperazine rings is 1. The van der Waals surface area contributed by atoms with Crippen molar-refractivity contribution in [1.29, 1.82) is 5.26 Å². The van der Waals surface area contributed by atoms with Gasteiger partial charge in [0.25, 0.3) is 0 Å². The minimum atomic E-state index is -4.44. The molecule has 33 heavy (non-hydrogen) atoms. The molecule has 2 aromatic rings. The molecule has 1 aromatic carbocycles. The van der Waals surface area contributed by atoms with Gasteiger partial charge in [-0.1, -0.05) is 46.9 Å². The summed E-state index contributed by atoms with van der Waals surface area (Å²) in [6, 6.07) is 12.8. The summed E-state index contributed by atoms with van der Waals surface area (Å²) in [6.07, 6.45) is -0.933. The van der Waals surface area contributed by atoms with Crippen LogP contribution >= 0.6 is 22.6 Å². The summed E-state index contributed by atoms with van der Waals surface area (Å²) in [5.74, 6) is 5.60. The maximum atomic E-state index is 12.8. The summed E-state index contributed by atoms with van der Waals surface area (Å²) < 4.78 is 38.5. The summed E-state index contributed by atoms with van der Waals surface area (Å²) in [4.78, 5) is 8.00. The number of pyridine rings is 1. The molecule has 2 atom stereocenters. The van der Waals surface area contributed by atoms with Gasteiger partial charge >= 0.3 is 6.18 Å². The maximum Gasteiger partial charge on any atom is 0.433 e. The second kappa shape index (κ2) is 11.2. The minimum Gasteiger partial charge on any atom is -0.365 e. The van der Waals surface area contributed by atoms with Gasteiger partial charge in [0.2, 0.25) is 0 Å². The molecule has 1 fully saturated rings. The van der Waals surface area contributed by atoms with Gasteiger partial charge in [-0.05, 0) is 35.8 Å². The van der Waals surface area contributed by atoms with Gasteiger partial charge in [-0.3, -0.25) is 10.7 Å². The zero-order valence-corrected chi connectivity index (χ0v) is 20.3. The molecule has 1 aliphatic rings. The lowest BCUT2D eigenvalue weighted by molar-refractivity contribution is -0.141. The molecule has 2 heterocycles. The van der Waals surface area contributed by atoms with Crippen molar-refractivity contribution >= 4 is 28.3 Å².